The Morgan fingerprint density at radius 3 is 2.76 bits per heavy atom. The molecule has 1 heterocycles. The summed E-state index contributed by atoms with van der Waals surface area (Å²) in [6.07, 6.45) is 2.53. The van der Waals surface area contributed by atoms with Gasteiger partial charge in [-0.3, -0.25) is 4.90 Å². The highest BCUT2D eigenvalue weighted by atomic mass is 16.5. The van der Waals surface area contributed by atoms with Gasteiger partial charge in [0.15, 0.2) is 0 Å². The molecule has 0 aromatic rings. The first-order valence-electron chi connectivity index (χ1n) is 7.18. The number of nitrogens with one attached hydrogen (secondary N) is 1. The Morgan fingerprint density at radius 1 is 1.35 bits per heavy atom. The molecule has 0 aliphatic carbocycles. The SMILES string of the molecule is CCOCC(C)N1CCCNC(CC(C)C)C1. The number of hydrogen-bond donors (Lipinski definition) is 1. The minimum Gasteiger partial charge on any atom is -0.380 e. The third kappa shape index (κ3) is 5.84. The van der Waals surface area contributed by atoms with Crippen molar-refractivity contribution >= 4 is 0 Å². The minimum atomic E-state index is 0.546. The number of hydrogen-bond acceptors (Lipinski definition) is 3. The van der Waals surface area contributed by atoms with E-state index in [-0.39, 0.29) is 0 Å². The molecule has 2 atom stereocenters. The molecule has 1 rings (SSSR count). The Labute approximate surface area is 107 Å². The fraction of sp³-hybridized carbons (Fsp3) is 1.00. The quantitative estimate of drug-likeness (QED) is 0.772. The van der Waals surface area contributed by atoms with Gasteiger partial charge in [-0.15, -0.1) is 0 Å². The van der Waals surface area contributed by atoms with Crippen molar-refractivity contribution in [2.24, 2.45) is 5.92 Å². The van der Waals surface area contributed by atoms with Gasteiger partial charge in [0.25, 0.3) is 0 Å². The van der Waals surface area contributed by atoms with Crippen LogP contribution in [-0.4, -0.2) is 49.8 Å². The topological polar surface area (TPSA) is 24.5 Å². The van der Waals surface area contributed by atoms with Crippen molar-refractivity contribution in [1.82, 2.24) is 10.2 Å². The standard InChI is InChI=1S/C14H30N2O/c1-5-17-11-13(4)16-8-6-7-15-14(10-16)9-12(2)3/h12-15H,5-11H2,1-4H3. The fourth-order valence-corrected chi connectivity index (χ4v) is 2.55. The molecule has 3 heteroatoms. The predicted molar refractivity (Wildman–Crippen MR) is 73.4 cm³/mol. The van der Waals surface area contributed by atoms with E-state index in [1.54, 1.807) is 0 Å². The fourth-order valence-electron chi connectivity index (χ4n) is 2.55. The molecule has 0 aromatic heterocycles. The van der Waals surface area contributed by atoms with Crippen molar-refractivity contribution in [3.05, 3.63) is 0 Å². The van der Waals surface area contributed by atoms with Gasteiger partial charge in [0, 0.05) is 25.2 Å². The van der Waals surface area contributed by atoms with Gasteiger partial charge in [-0.25, -0.2) is 0 Å². The monoisotopic (exact) mass is 242 g/mol. The van der Waals surface area contributed by atoms with Crippen molar-refractivity contribution in [1.29, 1.82) is 0 Å². The summed E-state index contributed by atoms with van der Waals surface area (Å²) in [7, 11) is 0. The lowest BCUT2D eigenvalue weighted by Crippen LogP contribution is -2.43. The Morgan fingerprint density at radius 2 is 2.12 bits per heavy atom. The molecule has 1 fully saturated rings. The van der Waals surface area contributed by atoms with E-state index in [0.717, 1.165) is 25.7 Å². The van der Waals surface area contributed by atoms with E-state index < -0.39 is 0 Å². The van der Waals surface area contributed by atoms with Crippen LogP contribution >= 0.6 is 0 Å². The van der Waals surface area contributed by atoms with Crippen LogP contribution in [0.3, 0.4) is 0 Å². The summed E-state index contributed by atoms with van der Waals surface area (Å²) in [5.41, 5.74) is 0. The summed E-state index contributed by atoms with van der Waals surface area (Å²) in [4.78, 5) is 2.59. The second-order valence-electron chi connectivity index (χ2n) is 5.64. The van der Waals surface area contributed by atoms with Gasteiger partial charge in [-0.1, -0.05) is 13.8 Å². The minimum absolute atomic E-state index is 0.546. The molecular formula is C14H30N2O. The van der Waals surface area contributed by atoms with Crippen molar-refractivity contribution in [3.8, 4) is 0 Å². The second-order valence-corrected chi connectivity index (χ2v) is 5.64. The third-order valence-corrected chi connectivity index (χ3v) is 3.45. The van der Waals surface area contributed by atoms with E-state index in [2.05, 4.69) is 37.9 Å². The maximum Gasteiger partial charge on any atom is 0.0619 e. The van der Waals surface area contributed by atoms with Gasteiger partial charge in [0.1, 0.15) is 0 Å². The van der Waals surface area contributed by atoms with E-state index in [0.29, 0.717) is 12.1 Å². The molecule has 17 heavy (non-hydrogen) atoms. The first-order chi connectivity index (χ1) is 8.13. The summed E-state index contributed by atoms with van der Waals surface area (Å²) in [5, 5.41) is 3.67. The van der Waals surface area contributed by atoms with Crippen LogP contribution in [0.1, 0.15) is 40.5 Å². The van der Waals surface area contributed by atoms with Gasteiger partial charge in [0.2, 0.25) is 0 Å². The zero-order valence-electron chi connectivity index (χ0n) is 12.0. The average molecular weight is 242 g/mol. The van der Waals surface area contributed by atoms with E-state index in [4.69, 9.17) is 4.74 Å². The lowest BCUT2D eigenvalue weighted by Gasteiger charge is -2.30. The zero-order valence-corrected chi connectivity index (χ0v) is 12.0. The average Bonchev–Trinajstić information content (AvgIpc) is 2.50. The Bertz CT molecular complexity index is 197. The van der Waals surface area contributed by atoms with Crippen molar-refractivity contribution in [2.75, 3.05) is 32.8 Å². The third-order valence-electron chi connectivity index (χ3n) is 3.45. The van der Waals surface area contributed by atoms with Crippen LogP contribution in [0.25, 0.3) is 0 Å². The normalized spacial score (nSPS) is 24.9. The molecule has 0 amide bonds. The highest BCUT2D eigenvalue weighted by Crippen LogP contribution is 2.12. The van der Waals surface area contributed by atoms with Crippen molar-refractivity contribution in [2.45, 2.75) is 52.6 Å². The molecule has 0 saturated carbocycles. The lowest BCUT2D eigenvalue weighted by molar-refractivity contribution is 0.0715. The molecule has 1 aliphatic heterocycles. The molecule has 2 unspecified atom stereocenters. The second kappa shape index (κ2) is 8.06. The van der Waals surface area contributed by atoms with Crippen LogP contribution in [0, 0.1) is 5.92 Å². The van der Waals surface area contributed by atoms with Crippen LogP contribution in [0.2, 0.25) is 0 Å². The summed E-state index contributed by atoms with van der Waals surface area (Å²) in [6, 6.07) is 1.20. The van der Waals surface area contributed by atoms with Gasteiger partial charge >= 0.3 is 0 Å². The molecule has 0 radical (unpaired) electrons. The molecule has 1 aliphatic rings. The van der Waals surface area contributed by atoms with Crippen molar-refractivity contribution < 1.29 is 4.74 Å². The molecule has 3 nitrogen and oxygen atoms in total. The van der Waals surface area contributed by atoms with Gasteiger partial charge in [-0.05, 0) is 45.7 Å². The lowest BCUT2D eigenvalue weighted by atomic mass is 10.0. The number of ether oxygens (including phenoxy) is 1. The van der Waals surface area contributed by atoms with Gasteiger partial charge < -0.3 is 10.1 Å². The van der Waals surface area contributed by atoms with Gasteiger partial charge in [0.05, 0.1) is 6.61 Å². The first kappa shape index (κ1) is 14.9. The van der Waals surface area contributed by atoms with Crippen molar-refractivity contribution in [3.63, 3.8) is 0 Å². The maximum atomic E-state index is 5.54. The predicted octanol–water partition coefficient (Wildman–Crippen LogP) is 2.12. The summed E-state index contributed by atoms with van der Waals surface area (Å²) in [5.74, 6) is 0.773. The zero-order chi connectivity index (χ0) is 12.7. The molecule has 0 aromatic carbocycles. The molecule has 1 saturated heterocycles. The largest absolute Gasteiger partial charge is 0.380 e. The van der Waals surface area contributed by atoms with Gasteiger partial charge in [-0.2, -0.15) is 0 Å². The van der Waals surface area contributed by atoms with E-state index in [1.807, 2.05) is 0 Å². The Balaban J connectivity index is 2.41. The highest BCUT2D eigenvalue weighted by molar-refractivity contribution is 4.80. The Kier molecular flexibility index (Phi) is 7.09. The first-order valence-corrected chi connectivity index (χ1v) is 7.18. The van der Waals surface area contributed by atoms with E-state index in [1.165, 1.54) is 25.9 Å². The molecule has 1 N–H and O–H groups in total. The number of rotatable bonds is 6. The molecule has 0 spiro atoms. The Hall–Kier alpha value is -0.120. The summed E-state index contributed by atoms with van der Waals surface area (Å²) < 4.78 is 5.54. The summed E-state index contributed by atoms with van der Waals surface area (Å²) in [6.45, 7) is 14.2. The smallest absolute Gasteiger partial charge is 0.0619 e. The number of nitrogens with zero attached hydrogens (tertiary/aromatic N) is 1. The highest BCUT2D eigenvalue weighted by Gasteiger charge is 2.21. The van der Waals surface area contributed by atoms with E-state index >= 15 is 0 Å². The van der Waals surface area contributed by atoms with Crippen LogP contribution in [0.4, 0.5) is 0 Å². The van der Waals surface area contributed by atoms with Crippen LogP contribution < -0.4 is 5.32 Å². The van der Waals surface area contributed by atoms with E-state index in [9.17, 15) is 0 Å². The van der Waals surface area contributed by atoms with Crippen LogP contribution in [0.15, 0.2) is 0 Å². The van der Waals surface area contributed by atoms with Crippen LogP contribution in [-0.2, 0) is 4.74 Å². The van der Waals surface area contributed by atoms with Crippen LogP contribution in [0.5, 0.6) is 0 Å². The molecular weight excluding hydrogens is 212 g/mol. The maximum absolute atomic E-state index is 5.54. The molecule has 102 valence electrons. The summed E-state index contributed by atoms with van der Waals surface area (Å²) >= 11 is 0. The molecule has 0 bridgehead atoms.